The third-order valence-corrected chi connectivity index (χ3v) is 3.53. The van der Waals surface area contributed by atoms with Crippen LogP contribution in [0.25, 0.3) is 0 Å². The maximum absolute atomic E-state index is 9.97. The van der Waals surface area contributed by atoms with E-state index >= 15 is 0 Å². The molecule has 1 saturated carbocycles. The maximum Gasteiger partial charge on any atom is 0.140 e. The molecule has 1 aliphatic carbocycles. The van der Waals surface area contributed by atoms with Gasteiger partial charge in [-0.15, -0.1) is 0 Å². The molecular weight excluding hydrogens is 224 g/mol. The second-order valence-corrected chi connectivity index (χ2v) is 5.06. The summed E-state index contributed by atoms with van der Waals surface area (Å²) in [5.41, 5.74) is 1.99. The van der Waals surface area contributed by atoms with E-state index in [2.05, 4.69) is 11.8 Å². The Morgan fingerprint density at radius 1 is 1.17 bits per heavy atom. The van der Waals surface area contributed by atoms with Gasteiger partial charge in [0.2, 0.25) is 0 Å². The van der Waals surface area contributed by atoms with Crippen molar-refractivity contribution in [3.63, 3.8) is 0 Å². The van der Waals surface area contributed by atoms with Crippen LogP contribution in [0, 0.1) is 24.7 Å². The third kappa shape index (κ3) is 3.35. The predicted molar refractivity (Wildman–Crippen MR) is 71.9 cm³/mol. The summed E-state index contributed by atoms with van der Waals surface area (Å²) in [6, 6.07) is 7.73. The lowest BCUT2D eigenvalue weighted by molar-refractivity contribution is 0.0967. The van der Waals surface area contributed by atoms with Gasteiger partial charge in [-0.25, -0.2) is 0 Å². The summed E-state index contributed by atoms with van der Waals surface area (Å²) in [5, 5.41) is 19.8. The minimum atomic E-state index is -0.750. The lowest BCUT2D eigenvalue weighted by atomic mass is 9.87. The first kappa shape index (κ1) is 13.1. The molecule has 2 N–H and O–H groups in total. The number of aliphatic hydroxyl groups excluding tert-OH is 2. The Morgan fingerprint density at radius 2 is 1.83 bits per heavy atom. The SMILES string of the molecule is Cc1ccc(C(O)C#CC2CCCCC2O)cc1. The topological polar surface area (TPSA) is 40.5 Å². The molecule has 96 valence electrons. The second kappa shape index (κ2) is 6.04. The van der Waals surface area contributed by atoms with Crippen LogP contribution in [0.1, 0.15) is 42.9 Å². The molecule has 3 unspecified atom stereocenters. The normalized spacial score (nSPS) is 25.1. The van der Waals surface area contributed by atoms with E-state index in [0.717, 1.165) is 31.2 Å². The lowest BCUT2D eigenvalue weighted by Gasteiger charge is -2.23. The van der Waals surface area contributed by atoms with Crippen molar-refractivity contribution in [1.82, 2.24) is 0 Å². The van der Waals surface area contributed by atoms with Crippen LogP contribution < -0.4 is 0 Å². The number of aryl methyl sites for hydroxylation is 1. The van der Waals surface area contributed by atoms with Gasteiger partial charge in [0.25, 0.3) is 0 Å². The molecule has 2 nitrogen and oxygen atoms in total. The Labute approximate surface area is 109 Å². The highest BCUT2D eigenvalue weighted by Crippen LogP contribution is 2.24. The maximum atomic E-state index is 9.97. The third-order valence-electron chi connectivity index (χ3n) is 3.53. The Balaban J connectivity index is 2.02. The molecule has 2 rings (SSSR count). The summed E-state index contributed by atoms with van der Waals surface area (Å²) >= 11 is 0. The molecular formula is C16H20O2. The minimum absolute atomic E-state index is 0.0267. The van der Waals surface area contributed by atoms with Gasteiger partial charge in [0, 0.05) is 5.92 Å². The molecule has 1 aliphatic rings. The van der Waals surface area contributed by atoms with Crippen LogP contribution in [-0.2, 0) is 0 Å². The first-order valence-electron chi connectivity index (χ1n) is 6.60. The van der Waals surface area contributed by atoms with Crippen molar-refractivity contribution in [2.24, 2.45) is 5.92 Å². The van der Waals surface area contributed by atoms with Gasteiger partial charge in [-0.2, -0.15) is 0 Å². The molecule has 3 atom stereocenters. The molecule has 0 bridgehead atoms. The van der Waals surface area contributed by atoms with Crippen molar-refractivity contribution in [3.05, 3.63) is 35.4 Å². The Bertz CT molecular complexity index is 438. The van der Waals surface area contributed by atoms with Gasteiger partial charge < -0.3 is 10.2 Å². The summed E-state index contributed by atoms with van der Waals surface area (Å²) < 4.78 is 0. The van der Waals surface area contributed by atoms with Crippen molar-refractivity contribution >= 4 is 0 Å². The zero-order valence-electron chi connectivity index (χ0n) is 10.8. The zero-order valence-corrected chi connectivity index (χ0v) is 10.8. The fourth-order valence-electron chi connectivity index (χ4n) is 2.30. The Kier molecular flexibility index (Phi) is 4.41. The summed E-state index contributed by atoms with van der Waals surface area (Å²) in [6.45, 7) is 2.01. The van der Waals surface area contributed by atoms with Crippen molar-refractivity contribution in [1.29, 1.82) is 0 Å². The standard InChI is InChI=1S/C16H20O2/c1-12-6-8-14(9-7-12)16(18)11-10-13-4-2-3-5-15(13)17/h6-9,13,15-18H,2-5H2,1H3. The van der Waals surface area contributed by atoms with E-state index in [9.17, 15) is 10.2 Å². The number of benzene rings is 1. The van der Waals surface area contributed by atoms with E-state index in [1.54, 1.807) is 0 Å². The van der Waals surface area contributed by atoms with Crippen LogP contribution in [0.15, 0.2) is 24.3 Å². The average molecular weight is 244 g/mol. The van der Waals surface area contributed by atoms with Gasteiger partial charge >= 0.3 is 0 Å². The molecule has 18 heavy (non-hydrogen) atoms. The Morgan fingerprint density at radius 3 is 2.50 bits per heavy atom. The van der Waals surface area contributed by atoms with E-state index in [-0.39, 0.29) is 12.0 Å². The molecule has 0 spiro atoms. The van der Waals surface area contributed by atoms with Crippen molar-refractivity contribution in [2.45, 2.75) is 44.8 Å². The number of hydrogen-bond acceptors (Lipinski definition) is 2. The molecule has 1 aromatic rings. The van der Waals surface area contributed by atoms with Crippen LogP contribution in [-0.4, -0.2) is 16.3 Å². The van der Waals surface area contributed by atoms with E-state index in [1.165, 1.54) is 5.56 Å². The molecule has 2 heteroatoms. The second-order valence-electron chi connectivity index (χ2n) is 5.06. The molecule has 0 radical (unpaired) electrons. The number of aliphatic hydroxyl groups is 2. The molecule has 0 amide bonds. The Hall–Kier alpha value is -1.30. The van der Waals surface area contributed by atoms with Gasteiger partial charge in [0.05, 0.1) is 6.10 Å². The van der Waals surface area contributed by atoms with Crippen LogP contribution in [0.5, 0.6) is 0 Å². The highest BCUT2D eigenvalue weighted by molar-refractivity contribution is 5.28. The smallest absolute Gasteiger partial charge is 0.140 e. The van der Waals surface area contributed by atoms with Gasteiger partial charge in [-0.05, 0) is 25.3 Å². The van der Waals surface area contributed by atoms with Gasteiger partial charge in [-0.1, -0.05) is 54.5 Å². The molecule has 0 aliphatic heterocycles. The number of rotatable bonds is 1. The summed E-state index contributed by atoms with van der Waals surface area (Å²) in [7, 11) is 0. The van der Waals surface area contributed by atoms with Crippen LogP contribution in [0.3, 0.4) is 0 Å². The van der Waals surface area contributed by atoms with Gasteiger partial charge in [-0.3, -0.25) is 0 Å². The summed E-state index contributed by atoms with van der Waals surface area (Å²) in [4.78, 5) is 0. The lowest BCUT2D eigenvalue weighted by Crippen LogP contribution is -2.23. The molecule has 1 fully saturated rings. The van der Waals surface area contributed by atoms with E-state index in [4.69, 9.17) is 0 Å². The van der Waals surface area contributed by atoms with Gasteiger partial charge in [0.15, 0.2) is 0 Å². The fraction of sp³-hybridized carbons (Fsp3) is 0.500. The fourth-order valence-corrected chi connectivity index (χ4v) is 2.30. The zero-order chi connectivity index (χ0) is 13.0. The van der Waals surface area contributed by atoms with Crippen molar-refractivity contribution in [3.8, 4) is 11.8 Å². The van der Waals surface area contributed by atoms with Crippen LogP contribution in [0.2, 0.25) is 0 Å². The monoisotopic (exact) mass is 244 g/mol. The van der Waals surface area contributed by atoms with E-state index in [1.807, 2.05) is 31.2 Å². The molecule has 1 aromatic carbocycles. The molecule has 0 heterocycles. The molecule has 0 saturated heterocycles. The highest BCUT2D eigenvalue weighted by atomic mass is 16.3. The first-order valence-corrected chi connectivity index (χ1v) is 6.60. The van der Waals surface area contributed by atoms with Gasteiger partial charge in [0.1, 0.15) is 6.10 Å². The van der Waals surface area contributed by atoms with E-state index < -0.39 is 6.10 Å². The van der Waals surface area contributed by atoms with Crippen molar-refractivity contribution < 1.29 is 10.2 Å². The summed E-state index contributed by atoms with van der Waals surface area (Å²) in [5.74, 6) is 5.92. The largest absolute Gasteiger partial charge is 0.392 e. The quantitative estimate of drug-likeness (QED) is 0.745. The first-order chi connectivity index (χ1) is 8.66. The minimum Gasteiger partial charge on any atom is -0.392 e. The number of hydrogen-bond donors (Lipinski definition) is 2. The van der Waals surface area contributed by atoms with Crippen molar-refractivity contribution in [2.75, 3.05) is 0 Å². The predicted octanol–water partition coefficient (Wildman–Crippen LogP) is 2.58. The molecule has 0 aromatic heterocycles. The van der Waals surface area contributed by atoms with Crippen LogP contribution in [0.4, 0.5) is 0 Å². The summed E-state index contributed by atoms with van der Waals surface area (Å²) in [6.07, 6.45) is 2.90. The van der Waals surface area contributed by atoms with Crippen LogP contribution >= 0.6 is 0 Å². The van der Waals surface area contributed by atoms with E-state index in [0.29, 0.717) is 0 Å². The highest BCUT2D eigenvalue weighted by Gasteiger charge is 2.20. The average Bonchev–Trinajstić information content (AvgIpc) is 2.38.